The molecule has 0 heterocycles. The molecule has 0 aliphatic carbocycles. The van der Waals surface area contributed by atoms with Gasteiger partial charge in [-0.2, -0.15) is 22.0 Å². The van der Waals surface area contributed by atoms with Crippen molar-refractivity contribution >= 4 is 23.4 Å². The van der Waals surface area contributed by atoms with Crippen LogP contribution < -0.4 is 4.74 Å². The highest BCUT2D eigenvalue weighted by molar-refractivity contribution is 5.87. The highest BCUT2D eigenvalue weighted by atomic mass is 19.4. The van der Waals surface area contributed by atoms with Crippen LogP contribution >= 0.6 is 0 Å². The second-order valence-corrected chi connectivity index (χ2v) is 8.25. The molecule has 0 saturated carbocycles. The number of non-ortho nitro benzene ring substituents is 1. The summed E-state index contributed by atoms with van der Waals surface area (Å²) in [5.74, 6) is -1.15. The predicted molar refractivity (Wildman–Crippen MR) is 131 cm³/mol. The number of hydrogen-bond donors (Lipinski definition) is 0. The molecule has 0 fully saturated rings. The third kappa shape index (κ3) is 8.58. The zero-order valence-electron chi connectivity index (χ0n) is 20.3. The number of nitrogens with zero attached hydrogens (tertiary/aromatic N) is 2. The molecule has 14 heteroatoms. The molecule has 210 valence electrons. The number of benzene rings is 3. The Labute approximate surface area is 222 Å². The normalized spacial score (nSPS) is 11.8. The Hall–Kier alpha value is -4.88. The lowest BCUT2D eigenvalue weighted by atomic mass is 10.1. The lowest BCUT2D eigenvalue weighted by Crippen LogP contribution is -2.21. The average molecular weight is 566 g/mol. The second-order valence-electron chi connectivity index (χ2n) is 8.25. The van der Waals surface area contributed by atoms with Crippen molar-refractivity contribution in [3.8, 4) is 5.75 Å². The van der Waals surface area contributed by atoms with E-state index in [-0.39, 0.29) is 29.9 Å². The standard InChI is InChI=1S/C26H19F5N2O7/c27-25(28,29)16-18-3-10-22(11-4-18)40-26(30,31)20-7-1-17(2-8-20)5-12-24(34)39-14-13-19-6-9-21(32(35)36)15-23(19)33(37)38/h1-12,15H,13-14,16H2/b12-5+. The van der Waals surface area contributed by atoms with Gasteiger partial charge in [-0.25, -0.2) is 4.79 Å². The first-order chi connectivity index (χ1) is 18.7. The number of hydrogen-bond acceptors (Lipinski definition) is 7. The maximum atomic E-state index is 14.5. The first kappa shape index (κ1) is 29.7. The molecule has 0 amide bonds. The highest BCUT2D eigenvalue weighted by Gasteiger charge is 2.34. The van der Waals surface area contributed by atoms with Crippen molar-refractivity contribution in [2.75, 3.05) is 6.61 Å². The van der Waals surface area contributed by atoms with Crippen LogP contribution in [0.15, 0.2) is 72.8 Å². The molecule has 0 aliphatic heterocycles. The maximum Gasteiger partial charge on any atom is 0.426 e. The van der Waals surface area contributed by atoms with Gasteiger partial charge < -0.3 is 9.47 Å². The van der Waals surface area contributed by atoms with Gasteiger partial charge in [0.15, 0.2) is 0 Å². The average Bonchev–Trinajstić information content (AvgIpc) is 2.88. The van der Waals surface area contributed by atoms with Gasteiger partial charge in [-0.05, 0) is 47.5 Å². The van der Waals surface area contributed by atoms with Crippen molar-refractivity contribution in [1.82, 2.24) is 0 Å². The van der Waals surface area contributed by atoms with E-state index in [1.165, 1.54) is 24.3 Å². The summed E-state index contributed by atoms with van der Waals surface area (Å²) in [6, 6.07) is 11.8. The Morgan fingerprint density at radius 1 is 0.875 bits per heavy atom. The summed E-state index contributed by atoms with van der Waals surface area (Å²) in [5.41, 5.74) is -1.12. The molecule has 0 saturated heterocycles. The molecular weight excluding hydrogens is 547 g/mol. The summed E-state index contributed by atoms with van der Waals surface area (Å²) < 4.78 is 75.9. The molecule has 0 aliphatic rings. The summed E-state index contributed by atoms with van der Waals surface area (Å²) in [5, 5.41) is 22.0. The molecule has 0 spiro atoms. The summed E-state index contributed by atoms with van der Waals surface area (Å²) in [6.45, 7) is -0.262. The molecule has 40 heavy (non-hydrogen) atoms. The van der Waals surface area contributed by atoms with Crippen molar-refractivity contribution in [2.24, 2.45) is 0 Å². The van der Waals surface area contributed by atoms with E-state index in [1.54, 1.807) is 0 Å². The number of carbonyl (C=O) groups is 1. The van der Waals surface area contributed by atoms with Gasteiger partial charge in [0.1, 0.15) is 5.75 Å². The molecule has 0 N–H and O–H groups in total. The van der Waals surface area contributed by atoms with Crippen LogP contribution in [0.2, 0.25) is 0 Å². The van der Waals surface area contributed by atoms with E-state index < -0.39 is 51.5 Å². The number of rotatable bonds is 11. The molecular formula is C26H19F5N2O7. The maximum absolute atomic E-state index is 14.5. The number of halogens is 5. The fraction of sp³-hybridized carbons (Fsp3) is 0.192. The van der Waals surface area contributed by atoms with Crippen molar-refractivity contribution in [2.45, 2.75) is 25.1 Å². The third-order valence-corrected chi connectivity index (χ3v) is 5.32. The zero-order chi connectivity index (χ0) is 29.5. The summed E-state index contributed by atoms with van der Waals surface area (Å²) >= 11 is 0. The van der Waals surface area contributed by atoms with Crippen molar-refractivity contribution in [3.63, 3.8) is 0 Å². The molecule has 0 bridgehead atoms. The van der Waals surface area contributed by atoms with Gasteiger partial charge in [0.25, 0.3) is 11.4 Å². The van der Waals surface area contributed by atoms with Gasteiger partial charge in [0.2, 0.25) is 0 Å². The number of esters is 1. The van der Waals surface area contributed by atoms with Crippen LogP contribution in [0.25, 0.3) is 6.08 Å². The molecule has 0 radical (unpaired) electrons. The van der Waals surface area contributed by atoms with Crippen molar-refractivity contribution < 1.29 is 46.1 Å². The fourth-order valence-electron chi connectivity index (χ4n) is 3.42. The van der Waals surface area contributed by atoms with Crippen LogP contribution in [-0.2, 0) is 28.5 Å². The first-order valence-corrected chi connectivity index (χ1v) is 11.3. The van der Waals surface area contributed by atoms with Crippen LogP contribution in [0, 0.1) is 20.2 Å². The molecule has 3 rings (SSSR count). The minimum absolute atomic E-state index is 0.0806. The highest BCUT2D eigenvalue weighted by Crippen LogP contribution is 2.32. The van der Waals surface area contributed by atoms with Gasteiger partial charge in [-0.3, -0.25) is 20.2 Å². The van der Waals surface area contributed by atoms with Gasteiger partial charge in [-0.15, -0.1) is 0 Å². The molecule has 0 unspecified atom stereocenters. The molecule has 0 atom stereocenters. The topological polar surface area (TPSA) is 122 Å². The summed E-state index contributed by atoms with van der Waals surface area (Å²) in [7, 11) is 0. The van der Waals surface area contributed by atoms with Gasteiger partial charge in [0, 0.05) is 24.1 Å². The fourth-order valence-corrected chi connectivity index (χ4v) is 3.42. The summed E-state index contributed by atoms with van der Waals surface area (Å²) in [6.07, 6.45) is -7.22. The number of ether oxygens (including phenoxy) is 2. The van der Waals surface area contributed by atoms with Crippen LogP contribution in [0.4, 0.5) is 33.3 Å². The molecule has 0 aromatic heterocycles. The van der Waals surface area contributed by atoms with Crippen molar-refractivity contribution in [3.05, 3.63) is 115 Å². The predicted octanol–water partition coefficient (Wildman–Crippen LogP) is 6.54. The van der Waals surface area contributed by atoms with Crippen LogP contribution in [0.5, 0.6) is 5.75 Å². The van der Waals surface area contributed by atoms with E-state index in [0.717, 1.165) is 54.6 Å². The van der Waals surface area contributed by atoms with Gasteiger partial charge >= 0.3 is 18.3 Å². The molecule has 9 nitrogen and oxygen atoms in total. The smallest absolute Gasteiger partial charge is 0.426 e. The van der Waals surface area contributed by atoms with E-state index in [2.05, 4.69) is 4.74 Å². The zero-order valence-corrected chi connectivity index (χ0v) is 20.3. The largest absolute Gasteiger partial charge is 0.462 e. The first-order valence-electron chi connectivity index (χ1n) is 11.3. The summed E-state index contributed by atoms with van der Waals surface area (Å²) in [4.78, 5) is 32.4. The lowest BCUT2D eigenvalue weighted by Gasteiger charge is -2.18. The Bertz CT molecular complexity index is 1410. The Morgan fingerprint density at radius 3 is 2.10 bits per heavy atom. The Morgan fingerprint density at radius 2 is 1.52 bits per heavy atom. The van der Waals surface area contributed by atoms with Crippen LogP contribution in [0.1, 0.15) is 22.3 Å². The van der Waals surface area contributed by atoms with E-state index in [0.29, 0.717) is 5.56 Å². The molecule has 3 aromatic rings. The Kier molecular flexibility index (Phi) is 9.14. The number of carbonyl (C=O) groups excluding carboxylic acids is 1. The SMILES string of the molecule is O=C(/C=C/c1ccc(C(F)(F)Oc2ccc(CC(F)(F)F)cc2)cc1)OCCc1ccc([N+](=O)[O-])cc1[N+](=O)[O-]. The number of alkyl halides is 5. The minimum Gasteiger partial charge on any atom is -0.462 e. The van der Waals surface area contributed by atoms with Gasteiger partial charge in [0.05, 0.1) is 34.5 Å². The van der Waals surface area contributed by atoms with E-state index in [1.807, 2.05) is 0 Å². The lowest BCUT2D eigenvalue weighted by molar-refractivity contribution is -0.394. The second kappa shape index (κ2) is 12.3. The van der Waals surface area contributed by atoms with Crippen LogP contribution in [0.3, 0.4) is 0 Å². The van der Waals surface area contributed by atoms with Gasteiger partial charge in [-0.1, -0.05) is 24.3 Å². The quantitative estimate of drug-likeness (QED) is 0.0850. The van der Waals surface area contributed by atoms with E-state index >= 15 is 0 Å². The minimum atomic E-state index is -4.43. The number of nitro groups is 2. The third-order valence-electron chi connectivity index (χ3n) is 5.32. The Balaban J connectivity index is 1.54. The number of nitro benzene ring substituents is 2. The molecule has 3 aromatic carbocycles. The van der Waals surface area contributed by atoms with E-state index in [9.17, 15) is 47.0 Å². The van der Waals surface area contributed by atoms with E-state index in [4.69, 9.17) is 4.74 Å². The van der Waals surface area contributed by atoms with Crippen molar-refractivity contribution in [1.29, 1.82) is 0 Å². The van der Waals surface area contributed by atoms with Crippen LogP contribution in [-0.4, -0.2) is 28.6 Å². The monoisotopic (exact) mass is 566 g/mol.